The Morgan fingerprint density at radius 2 is 2.26 bits per heavy atom. The lowest BCUT2D eigenvalue weighted by Gasteiger charge is -2.13. The Labute approximate surface area is 172 Å². The molecule has 8 nitrogen and oxygen atoms in total. The molecule has 9 heteroatoms. The van der Waals surface area contributed by atoms with Crippen molar-refractivity contribution in [2.24, 2.45) is 6.98 Å². The molecule has 0 unspecified atom stereocenters. The van der Waals surface area contributed by atoms with Crippen LogP contribution in [0.2, 0.25) is 5.02 Å². The maximum absolute atomic E-state index is 13.2. The van der Waals surface area contributed by atoms with E-state index in [4.69, 9.17) is 23.9 Å². The molecule has 0 spiro atoms. The van der Waals surface area contributed by atoms with Gasteiger partial charge in [-0.1, -0.05) is 23.7 Å². The number of carbonyl (C=O) groups is 1. The maximum Gasteiger partial charge on any atom is 0.284 e. The number of rotatable bonds is 5. The van der Waals surface area contributed by atoms with E-state index in [0.29, 0.717) is 19.9 Å². The number of aromatic nitrogens is 4. The van der Waals surface area contributed by atoms with Gasteiger partial charge in [0.25, 0.3) is 11.5 Å². The zero-order valence-electron chi connectivity index (χ0n) is 22.5. The van der Waals surface area contributed by atoms with Gasteiger partial charge in [-0.3, -0.25) is 14.3 Å². The zero-order valence-corrected chi connectivity index (χ0v) is 14.2. The van der Waals surface area contributed by atoms with Crippen LogP contribution in [0.1, 0.15) is 29.5 Å². The number of amides is 1. The molecule has 2 N–H and O–H groups in total. The minimum Gasteiger partial charge on any atom is -0.394 e. The van der Waals surface area contributed by atoms with Crippen LogP contribution < -0.4 is 10.9 Å². The summed E-state index contributed by atoms with van der Waals surface area (Å²) in [6, 6.07) is 3.39. The number of hydrogen-bond donors (Lipinski definition) is 2. The molecule has 1 atom stereocenters. The second-order valence-electron chi connectivity index (χ2n) is 5.25. The number of carbonyl (C=O) groups excluding carboxylic acids is 1. The number of halogens is 1. The molecule has 0 bridgehead atoms. The first-order chi connectivity index (χ1) is 16.3. The average Bonchev–Trinajstić information content (AvgIpc) is 3.23. The van der Waals surface area contributed by atoms with Gasteiger partial charge in [0.1, 0.15) is 11.3 Å². The van der Waals surface area contributed by atoms with E-state index in [-0.39, 0.29) is 11.4 Å². The Hall–Kier alpha value is -2.97. The van der Waals surface area contributed by atoms with E-state index >= 15 is 0 Å². The van der Waals surface area contributed by atoms with Gasteiger partial charge in [-0.25, -0.2) is 0 Å². The van der Waals surface area contributed by atoms with Crippen molar-refractivity contribution in [2.45, 2.75) is 12.9 Å². The normalized spacial score (nSPS) is 19.6. The number of benzene rings is 1. The van der Waals surface area contributed by atoms with Gasteiger partial charge in [0.15, 0.2) is 0 Å². The van der Waals surface area contributed by atoms with Crippen LogP contribution in [-0.2, 0) is 6.98 Å². The molecular weight excluding hydrogens is 370 g/mol. The molecule has 1 aromatic carbocycles. The van der Waals surface area contributed by atoms with Crippen LogP contribution in [0.3, 0.4) is 0 Å². The fourth-order valence-electron chi connectivity index (χ4n) is 2.23. The van der Waals surface area contributed by atoms with Crippen LogP contribution >= 0.6 is 11.6 Å². The number of nitrogens with zero attached hydrogens (tertiary/aromatic N) is 4. The predicted octanol–water partition coefficient (Wildman–Crippen LogP) is 1.40. The molecule has 3 aromatic rings. The van der Waals surface area contributed by atoms with Crippen molar-refractivity contribution in [2.75, 3.05) is 6.56 Å². The molecule has 2 aromatic heterocycles. The van der Waals surface area contributed by atoms with Crippen LogP contribution in [0.5, 0.6) is 0 Å². The van der Waals surface area contributed by atoms with Gasteiger partial charge in [0.2, 0.25) is 0 Å². The highest BCUT2D eigenvalue weighted by atomic mass is 35.5. The van der Waals surface area contributed by atoms with Crippen LogP contribution in [0.25, 0.3) is 16.9 Å². The summed E-state index contributed by atoms with van der Waals surface area (Å²) >= 11 is 5.90. The van der Waals surface area contributed by atoms with Crippen molar-refractivity contribution in [3.63, 3.8) is 0 Å². The fraction of sp³-hybridized carbons (Fsp3) is 0.222. The maximum atomic E-state index is 13.2. The van der Waals surface area contributed by atoms with Crippen LogP contribution in [0.4, 0.5) is 0 Å². The Balaban J connectivity index is 2.22. The predicted molar refractivity (Wildman–Crippen MR) is 101 cm³/mol. The van der Waals surface area contributed by atoms with E-state index in [9.17, 15) is 14.7 Å². The summed E-state index contributed by atoms with van der Waals surface area (Å²) in [5, 5.41) is 19.5. The van der Waals surface area contributed by atoms with E-state index in [2.05, 4.69) is 10.2 Å². The van der Waals surface area contributed by atoms with E-state index in [1.165, 1.54) is 24.3 Å². The van der Waals surface area contributed by atoms with E-state index in [1.54, 1.807) is 5.32 Å². The van der Waals surface area contributed by atoms with Gasteiger partial charge in [-0.15, -0.1) is 0 Å². The van der Waals surface area contributed by atoms with Crippen molar-refractivity contribution in [3.05, 3.63) is 63.7 Å². The van der Waals surface area contributed by atoms with E-state index < -0.39 is 43.4 Å². The Morgan fingerprint density at radius 1 is 1.48 bits per heavy atom. The molecule has 0 aliphatic carbocycles. The highest BCUT2D eigenvalue weighted by Crippen LogP contribution is 2.20. The third-order valence-electron chi connectivity index (χ3n) is 3.46. The molecular formula is C18H18ClN5O3. The lowest BCUT2D eigenvalue weighted by molar-refractivity contribution is 0.0920. The first-order valence-electron chi connectivity index (χ1n) is 11.9. The molecule has 0 radical (unpaired) electrons. The second-order valence-corrected chi connectivity index (χ2v) is 5.69. The summed E-state index contributed by atoms with van der Waals surface area (Å²) in [7, 11) is 0. The van der Waals surface area contributed by atoms with E-state index in [1.807, 2.05) is 0 Å². The lowest BCUT2D eigenvalue weighted by atomic mass is 10.1. The average molecular weight is 397 g/mol. The number of aliphatic hydroxyl groups is 1. The molecule has 3 rings (SSSR count). The molecule has 0 saturated heterocycles. The largest absolute Gasteiger partial charge is 0.394 e. The fourth-order valence-corrected chi connectivity index (χ4v) is 2.35. The quantitative estimate of drug-likeness (QED) is 0.678. The zero-order chi connectivity index (χ0) is 27.3. The van der Waals surface area contributed by atoms with Crippen LogP contribution in [0.15, 0.2) is 47.5 Å². The molecule has 0 saturated carbocycles. The summed E-state index contributed by atoms with van der Waals surface area (Å²) in [4.78, 5) is 26.2. The van der Waals surface area contributed by atoms with Crippen LogP contribution in [0, 0.1) is 0 Å². The topological polar surface area (TPSA) is 102 Å². The molecule has 27 heavy (non-hydrogen) atoms. The van der Waals surface area contributed by atoms with Gasteiger partial charge in [-0.2, -0.15) is 14.9 Å². The Kier molecular flexibility index (Phi) is 2.97. The first-order valence-corrected chi connectivity index (χ1v) is 7.74. The highest BCUT2D eigenvalue weighted by Gasteiger charge is 2.19. The van der Waals surface area contributed by atoms with Crippen molar-refractivity contribution in [1.82, 2.24) is 24.9 Å². The summed E-state index contributed by atoms with van der Waals surface area (Å²) in [6.07, 6.45) is 1.97. The molecule has 0 aliphatic rings. The Morgan fingerprint density at radius 3 is 2.89 bits per heavy atom. The number of nitrogens with one attached hydrogen (secondary N) is 1. The summed E-state index contributed by atoms with van der Waals surface area (Å²) in [5.41, 5.74) is -1.78. The minimum absolute atomic E-state index is 0.0190. The minimum atomic E-state index is -3.74. The Bertz CT molecular complexity index is 1330. The summed E-state index contributed by atoms with van der Waals surface area (Å²) in [6.45, 7) is -9.97. The molecule has 140 valence electrons. The summed E-state index contributed by atoms with van der Waals surface area (Å²) in [5.74, 6) is -1.50. The van der Waals surface area contributed by atoms with Gasteiger partial charge in [0.05, 0.1) is 28.8 Å². The number of aryl methyl sites for hydroxylation is 1. The van der Waals surface area contributed by atoms with Crippen molar-refractivity contribution in [1.29, 1.82) is 0 Å². The molecule has 1 amide bonds. The van der Waals surface area contributed by atoms with Crippen molar-refractivity contribution in [3.8, 4) is 16.9 Å². The highest BCUT2D eigenvalue weighted by molar-refractivity contribution is 6.30. The number of hydrogen-bond acceptors (Lipinski definition) is 5. The monoisotopic (exact) mass is 396 g/mol. The third kappa shape index (κ3) is 4.07. The lowest BCUT2D eigenvalue weighted by Crippen LogP contribution is -2.39. The second kappa shape index (κ2) is 7.73. The van der Waals surface area contributed by atoms with Crippen LogP contribution in [-0.4, -0.2) is 43.2 Å². The first kappa shape index (κ1) is 10.4. The molecule has 2 heterocycles. The van der Waals surface area contributed by atoms with Crippen molar-refractivity contribution >= 4 is 17.5 Å². The van der Waals surface area contributed by atoms with Gasteiger partial charge in [-0.05, 0) is 25.1 Å². The molecule has 0 fully saturated rings. The van der Waals surface area contributed by atoms with Gasteiger partial charge >= 0.3 is 0 Å². The molecule has 0 aliphatic heterocycles. The van der Waals surface area contributed by atoms with Crippen molar-refractivity contribution < 1.29 is 22.2 Å². The summed E-state index contributed by atoms with van der Waals surface area (Å²) < 4.78 is 68.6. The van der Waals surface area contributed by atoms with Gasteiger partial charge < -0.3 is 10.4 Å². The SMILES string of the molecule is [2H]C([2H])([2H])n1cc(-n2nc(-c3ccc(Cl)cc3)cc(C(=O)N[C@@]([2H])(C([2H])([2H])[2H])C([2H])([2H])O)c2=O)cn1. The smallest absolute Gasteiger partial charge is 0.284 e. The van der Waals surface area contributed by atoms with Gasteiger partial charge in [0, 0.05) is 31.8 Å². The van der Waals surface area contributed by atoms with E-state index in [0.717, 1.165) is 18.5 Å². The standard InChI is InChI=1S/C18H18ClN5O3/c1-11(10-25)21-17(26)15-7-16(12-3-5-13(19)6-4-12)22-24(18(15)27)14-8-20-23(2)9-14/h3-9,11,25H,10H2,1-2H3,(H,21,26)/t11-/m0/s1/i1D3,2D3,10D2,11D. The third-order valence-corrected chi connectivity index (χ3v) is 3.71.